The SMILES string of the molecule is COc1cc(OC)c2c(C)coc2c1. The summed E-state index contributed by atoms with van der Waals surface area (Å²) in [6.07, 6.45) is 1.71. The van der Waals surface area contributed by atoms with Gasteiger partial charge in [0.15, 0.2) is 0 Å². The maximum absolute atomic E-state index is 5.37. The number of furan rings is 1. The lowest BCUT2D eigenvalue weighted by molar-refractivity contribution is 0.397. The number of rotatable bonds is 2. The molecule has 0 radical (unpaired) electrons. The number of hydrogen-bond donors (Lipinski definition) is 0. The second-order valence-corrected chi connectivity index (χ2v) is 3.12. The smallest absolute Gasteiger partial charge is 0.141 e. The monoisotopic (exact) mass is 192 g/mol. The number of fused-ring (bicyclic) bond motifs is 1. The van der Waals surface area contributed by atoms with Crippen LogP contribution in [0.2, 0.25) is 0 Å². The van der Waals surface area contributed by atoms with Gasteiger partial charge in [0.2, 0.25) is 0 Å². The molecule has 14 heavy (non-hydrogen) atoms. The summed E-state index contributed by atoms with van der Waals surface area (Å²) in [6.45, 7) is 1.99. The summed E-state index contributed by atoms with van der Waals surface area (Å²) in [5, 5.41) is 1.01. The Labute approximate surface area is 82.2 Å². The number of methoxy groups -OCH3 is 2. The van der Waals surface area contributed by atoms with Gasteiger partial charge in [-0.05, 0) is 12.5 Å². The Balaban J connectivity index is 2.76. The first-order chi connectivity index (χ1) is 6.76. The summed E-state index contributed by atoms with van der Waals surface area (Å²) < 4.78 is 15.8. The Kier molecular flexibility index (Phi) is 2.08. The molecular weight excluding hydrogens is 180 g/mol. The molecular formula is C11H12O3. The minimum atomic E-state index is 0.740. The molecule has 0 fully saturated rings. The molecule has 0 amide bonds. The van der Waals surface area contributed by atoms with E-state index in [0.717, 1.165) is 28.0 Å². The lowest BCUT2D eigenvalue weighted by Crippen LogP contribution is -1.87. The van der Waals surface area contributed by atoms with Gasteiger partial charge >= 0.3 is 0 Å². The number of aryl methyl sites for hydroxylation is 1. The molecule has 0 N–H and O–H groups in total. The van der Waals surface area contributed by atoms with Crippen molar-refractivity contribution in [2.24, 2.45) is 0 Å². The van der Waals surface area contributed by atoms with Crippen LogP contribution in [0.3, 0.4) is 0 Å². The molecule has 0 spiro atoms. The van der Waals surface area contributed by atoms with Crippen LogP contribution in [0.1, 0.15) is 5.56 Å². The Hall–Kier alpha value is -1.64. The second kappa shape index (κ2) is 3.25. The van der Waals surface area contributed by atoms with Gasteiger partial charge in [0, 0.05) is 12.1 Å². The van der Waals surface area contributed by atoms with Gasteiger partial charge in [-0.3, -0.25) is 0 Å². The maximum Gasteiger partial charge on any atom is 0.141 e. The van der Waals surface area contributed by atoms with Gasteiger partial charge in [0.25, 0.3) is 0 Å². The molecule has 0 unspecified atom stereocenters. The van der Waals surface area contributed by atoms with Gasteiger partial charge in [-0.2, -0.15) is 0 Å². The molecule has 0 aliphatic rings. The highest BCUT2D eigenvalue weighted by Crippen LogP contribution is 2.34. The average Bonchev–Trinajstić information content (AvgIpc) is 2.59. The van der Waals surface area contributed by atoms with Gasteiger partial charge < -0.3 is 13.9 Å². The van der Waals surface area contributed by atoms with E-state index >= 15 is 0 Å². The molecule has 0 aliphatic carbocycles. The molecule has 1 aromatic heterocycles. The zero-order valence-electron chi connectivity index (χ0n) is 8.46. The zero-order valence-corrected chi connectivity index (χ0v) is 8.46. The van der Waals surface area contributed by atoms with E-state index in [-0.39, 0.29) is 0 Å². The van der Waals surface area contributed by atoms with E-state index in [1.54, 1.807) is 20.5 Å². The Morgan fingerprint density at radius 1 is 1.14 bits per heavy atom. The summed E-state index contributed by atoms with van der Waals surface area (Å²) >= 11 is 0. The first-order valence-electron chi connectivity index (χ1n) is 4.36. The topological polar surface area (TPSA) is 31.6 Å². The number of benzene rings is 1. The van der Waals surface area contributed by atoms with Crippen LogP contribution in [0.15, 0.2) is 22.8 Å². The van der Waals surface area contributed by atoms with Crippen LogP contribution in [0, 0.1) is 6.92 Å². The third-order valence-electron chi connectivity index (χ3n) is 2.25. The molecule has 0 saturated heterocycles. The van der Waals surface area contributed by atoms with Crippen molar-refractivity contribution in [3.05, 3.63) is 24.0 Å². The molecule has 0 aliphatic heterocycles. The molecule has 1 heterocycles. The van der Waals surface area contributed by atoms with Crippen LogP contribution in [-0.2, 0) is 0 Å². The van der Waals surface area contributed by atoms with E-state index in [9.17, 15) is 0 Å². The van der Waals surface area contributed by atoms with E-state index in [0.29, 0.717) is 0 Å². The van der Waals surface area contributed by atoms with Gasteiger partial charge in [-0.25, -0.2) is 0 Å². The lowest BCUT2D eigenvalue weighted by Gasteiger charge is -2.05. The highest BCUT2D eigenvalue weighted by molar-refractivity contribution is 5.88. The molecule has 0 atom stereocenters. The standard InChI is InChI=1S/C11H12O3/c1-7-6-14-10-5-8(12-2)4-9(13-3)11(7)10/h4-6H,1-3H3. The molecule has 0 saturated carbocycles. The quantitative estimate of drug-likeness (QED) is 0.733. The molecule has 1 aromatic carbocycles. The van der Waals surface area contributed by atoms with E-state index in [4.69, 9.17) is 13.9 Å². The summed E-state index contributed by atoms with van der Waals surface area (Å²) in [5.41, 5.74) is 1.86. The van der Waals surface area contributed by atoms with Crippen molar-refractivity contribution in [2.45, 2.75) is 6.92 Å². The fraction of sp³-hybridized carbons (Fsp3) is 0.273. The first kappa shape index (κ1) is 8.94. The minimum Gasteiger partial charge on any atom is -0.496 e. The predicted molar refractivity (Wildman–Crippen MR) is 54.1 cm³/mol. The van der Waals surface area contributed by atoms with Crippen molar-refractivity contribution < 1.29 is 13.9 Å². The van der Waals surface area contributed by atoms with Crippen molar-refractivity contribution in [1.82, 2.24) is 0 Å². The van der Waals surface area contributed by atoms with E-state index < -0.39 is 0 Å². The van der Waals surface area contributed by atoms with Crippen LogP contribution < -0.4 is 9.47 Å². The molecule has 3 nitrogen and oxygen atoms in total. The van der Waals surface area contributed by atoms with Crippen LogP contribution in [0.5, 0.6) is 11.5 Å². The summed E-state index contributed by atoms with van der Waals surface area (Å²) in [4.78, 5) is 0. The van der Waals surface area contributed by atoms with Crippen molar-refractivity contribution in [1.29, 1.82) is 0 Å². The highest BCUT2D eigenvalue weighted by atomic mass is 16.5. The average molecular weight is 192 g/mol. The normalized spacial score (nSPS) is 10.5. The van der Waals surface area contributed by atoms with Gasteiger partial charge in [-0.1, -0.05) is 0 Å². The molecule has 0 bridgehead atoms. The largest absolute Gasteiger partial charge is 0.496 e. The summed E-state index contributed by atoms with van der Waals surface area (Å²) in [5.74, 6) is 1.52. The fourth-order valence-corrected chi connectivity index (χ4v) is 1.54. The van der Waals surface area contributed by atoms with Crippen molar-refractivity contribution >= 4 is 11.0 Å². The van der Waals surface area contributed by atoms with E-state index in [1.807, 2.05) is 19.1 Å². The Morgan fingerprint density at radius 3 is 2.57 bits per heavy atom. The van der Waals surface area contributed by atoms with Gasteiger partial charge in [0.05, 0.1) is 25.9 Å². The van der Waals surface area contributed by atoms with Crippen LogP contribution in [0.4, 0.5) is 0 Å². The maximum atomic E-state index is 5.37. The van der Waals surface area contributed by atoms with E-state index in [2.05, 4.69) is 0 Å². The van der Waals surface area contributed by atoms with Gasteiger partial charge in [-0.15, -0.1) is 0 Å². The highest BCUT2D eigenvalue weighted by Gasteiger charge is 2.10. The molecule has 2 aromatic rings. The third kappa shape index (κ3) is 1.21. The summed E-state index contributed by atoms with van der Waals surface area (Å²) in [7, 11) is 3.26. The van der Waals surface area contributed by atoms with Crippen LogP contribution >= 0.6 is 0 Å². The van der Waals surface area contributed by atoms with Crippen molar-refractivity contribution in [3.8, 4) is 11.5 Å². The third-order valence-corrected chi connectivity index (χ3v) is 2.25. The van der Waals surface area contributed by atoms with Gasteiger partial charge in [0.1, 0.15) is 17.1 Å². The Bertz CT molecular complexity index is 457. The molecule has 3 heteroatoms. The zero-order chi connectivity index (χ0) is 10.1. The van der Waals surface area contributed by atoms with E-state index in [1.165, 1.54) is 0 Å². The summed E-state index contributed by atoms with van der Waals surface area (Å²) in [6, 6.07) is 3.70. The Morgan fingerprint density at radius 2 is 1.93 bits per heavy atom. The van der Waals surface area contributed by atoms with Crippen molar-refractivity contribution in [3.63, 3.8) is 0 Å². The van der Waals surface area contributed by atoms with Crippen molar-refractivity contribution in [2.75, 3.05) is 14.2 Å². The van der Waals surface area contributed by atoms with Crippen LogP contribution in [0.25, 0.3) is 11.0 Å². The fourth-order valence-electron chi connectivity index (χ4n) is 1.54. The minimum absolute atomic E-state index is 0.740. The van der Waals surface area contributed by atoms with Crippen LogP contribution in [-0.4, -0.2) is 14.2 Å². The number of hydrogen-bond acceptors (Lipinski definition) is 3. The molecule has 2 rings (SSSR count). The second-order valence-electron chi connectivity index (χ2n) is 3.12. The lowest BCUT2D eigenvalue weighted by atomic mass is 10.1. The molecule has 74 valence electrons. The number of ether oxygens (including phenoxy) is 2. The predicted octanol–water partition coefficient (Wildman–Crippen LogP) is 2.76. The first-order valence-corrected chi connectivity index (χ1v) is 4.36.